The Hall–Kier alpha value is -1.67. The van der Waals surface area contributed by atoms with E-state index in [9.17, 15) is 0 Å². The monoisotopic (exact) mass is 280 g/mol. The van der Waals surface area contributed by atoms with E-state index < -0.39 is 0 Å². The smallest absolute Gasteiger partial charge is 0.0300 e. The maximum atomic E-state index is 4.16. The third kappa shape index (κ3) is 3.70. The fourth-order valence-corrected chi connectivity index (χ4v) is 3.31. The van der Waals surface area contributed by atoms with Gasteiger partial charge in [0.1, 0.15) is 0 Å². The van der Waals surface area contributed by atoms with E-state index >= 15 is 0 Å². The molecule has 0 unspecified atom stereocenters. The Morgan fingerprint density at radius 1 is 1.05 bits per heavy atom. The summed E-state index contributed by atoms with van der Waals surface area (Å²) in [5.74, 6) is 0.756. The number of nitrogens with zero attached hydrogens (tertiary/aromatic N) is 1. The zero-order chi connectivity index (χ0) is 14.5. The number of hydrogen-bond acceptors (Lipinski definition) is 2. The van der Waals surface area contributed by atoms with Crippen molar-refractivity contribution in [3.05, 3.63) is 65.5 Å². The Labute approximate surface area is 127 Å². The number of aromatic nitrogens is 1. The summed E-state index contributed by atoms with van der Waals surface area (Å²) in [5.41, 5.74) is 4.17. The van der Waals surface area contributed by atoms with Crippen molar-refractivity contribution >= 4 is 0 Å². The van der Waals surface area contributed by atoms with Crippen LogP contribution in [-0.2, 0) is 6.54 Å². The van der Waals surface area contributed by atoms with Crippen molar-refractivity contribution in [2.45, 2.75) is 51.1 Å². The van der Waals surface area contributed by atoms with Gasteiger partial charge < -0.3 is 5.32 Å². The van der Waals surface area contributed by atoms with E-state index in [0.717, 1.165) is 12.5 Å². The van der Waals surface area contributed by atoms with Crippen LogP contribution in [0, 0.1) is 6.92 Å². The lowest BCUT2D eigenvalue weighted by Gasteiger charge is -2.29. The number of rotatable bonds is 4. The second kappa shape index (κ2) is 6.86. The molecule has 0 aliphatic heterocycles. The molecular formula is C19H24N2. The first-order chi connectivity index (χ1) is 10.3. The van der Waals surface area contributed by atoms with Gasteiger partial charge in [0.05, 0.1) is 0 Å². The molecule has 21 heavy (non-hydrogen) atoms. The molecule has 110 valence electrons. The van der Waals surface area contributed by atoms with Crippen molar-refractivity contribution in [3.63, 3.8) is 0 Å². The first kappa shape index (κ1) is 14.3. The van der Waals surface area contributed by atoms with Gasteiger partial charge in [0, 0.05) is 25.0 Å². The molecule has 1 aromatic carbocycles. The lowest BCUT2D eigenvalue weighted by molar-refractivity contribution is 0.341. The summed E-state index contributed by atoms with van der Waals surface area (Å²) < 4.78 is 0. The average Bonchev–Trinajstić information content (AvgIpc) is 2.55. The Bertz CT molecular complexity index is 557. The van der Waals surface area contributed by atoms with Crippen LogP contribution in [-0.4, -0.2) is 11.0 Å². The van der Waals surface area contributed by atoms with Crippen molar-refractivity contribution in [1.82, 2.24) is 10.3 Å². The highest BCUT2D eigenvalue weighted by Gasteiger charge is 2.21. The molecule has 2 nitrogen and oxygen atoms in total. The quantitative estimate of drug-likeness (QED) is 0.907. The Morgan fingerprint density at radius 2 is 1.81 bits per heavy atom. The van der Waals surface area contributed by atoms with E-state index in [0.29, 0.717) is 6.04 Å². The summed E-state index contributed by atoms with van der Waals surface area (Å²) in [6.07, 6.45) is 9.00. The molecule has 1 fully saturated rings. The minimum absolute atomic E-state index is 0.664. The lowest BCUT2D eigenvalue weighted by atomic mass is 9.82. The van der Waals surface area contributed by atoms with Gasteiger partial charge in [0.2, 0.25) is 0 Å². The fourth-order valence-electron chi connectivity index (χ4n) is 3.31. The largest absolute Gasteiger partial charge is 0.310 e. The van der Waals surface area contributed by atoms with Crippen LogP contribution in [0.25, 0.3) is 0 Å². The van der Waals surface area contributed by atoms with Crippen LogP contribution in [0.3, 0.4) is 0 Å². The van der Waals surface area contributed by atoms with Gasteiger partial charge >= 0.3 is 0 Å². The third-order valence-corrected chi connectivity index (χ3v) is 4.72. The van der Waals surface area contributed by atoms with Gasteiger partial charge in [-0.15, -0.1) is 0 Å². The van der Waals surface area contributed by atoms with Crippen LogP contribution in [0.4, 0.5) is 0 Å². The Balaban J connectivity index is 1.49. The molecule has 0 radical (unpaired) electrons. The van der Waals surface area contributed by atoms with E-state index in [2.05, 4.69) is 53.6 Å². The molecule has 0 saturated heterocycles. The minimum atomic E-state index is 0.664. The van der Waals surface area contributed by atoms with Gasteiger partial charge in [-0.1, -0.05) is 30.3 Å². The molecule has 3 rings (SSSR count). The molecular weight excluding hydrogens is 256 g/mol. The summed E-state index contributed by atoms with van der Waals surface area (Å²) in [4.78, 5) is 4.16. The van der Waals surface area contributed by atoms with Crippen LogP contribution >= 0.6 is 0 Å². The standard InChI is InChI=1S/C19H24N2/c1-15-13-20-12-11-18(15)14-21-19-9-7-17(8-10-19)16-5-3-2-4-6-16/h2-6,11-13,17,19,21H,7-10,14H2,1H3. The second-order valence-electron chi connectivity index (χ2n) is 6.14. The zero-order valence-electron chi connectivity index (χ0n) is 12.8. The molecule has 1 heterocycles. The van der Waals surface area contributed by atoms with E-state index in [1.54, 1.807) is 0 Å². The number of pyridine rings is 1. The van der Waals surface area contributed by atoms with Crippen molar-refractivity contribution < 1.29 is 0 Å². The van der Waals surface area contributed by atoms with Gasteiger partial charge in [-0.05, 0) is 61.3 Å². The first-order valence-electron chi connectivity index (χ1n) is 8.01. The lowest BCUT2D eigenvalue weighted by Crippen LogP contribution is -2.32. The Kier molecular flexibility index (Phi) is 4.66. The molecule has 1 aliphatic carbocycles. The molecule has 0 atom stereocenters. The van der Waals surface area contributed by atoms with Crippen LogP contribution in [0.1, 0.15) is 48.3 Å². The second-order valence-corrected chi connectivity index (χ2v) is 6.14. The molecule has 2 heteroatoms. The van der Waals surface area contributed by atoms with Crippen LogP contribution in [0.2, 0.25) is 0 Å². The topological polar surface area (TPSA) is 24.9 Å². The van der Waals surface area contributed by atoms with Crippen molar-refractivity contribution in [3.8, 4) is 0 Å². The summed E-state index contributed by atoms with van der Waals surface area (Å²) in [5, 5.41) is 3.72. The average molecular weight is 280 g/mol. The van der Waals surface area contributed by atoms with E-state index in [4.69, 9.17) is 0 Å². The number of aryl methyl sites for hydroxylation is 1. The predicted octanol–water partition coefficient (Wildman–Crippen LogP) is 4.21. The molecule has 0 amide bonds. The third-order valence-electron chi connectivity index (χ3n) is 4.72. The van der Waals surface area contributed by atoms with Gasteiger partial charge in [0.15, 0.2) is 0 Å². The maximum absolute atomic E-state index is 4.16. The van der Waals surface area contributed by atoms with Crippen molar-refractivity contribution in [2.75, 3.05) is 0 Å². The minimum Gasteiger partial charge on any atom is -0.310 e. The first-order valence-corrected chi connectivity index (χ1v) is 8.01. The maximum Gasteiger partial charge on any atom is 0.0300 e. The highest BCUT2D eigenvalue weighted by molar-refractivity contribution is 5.22. The molecule has 2 aromatic rings. The zero-order valence-corrected chi connectivity index (χ0v) is 12.8. The number of benzene rings is 1. The van der Waals surface area contributed by atoms with E-state index in [1.807, 2.05) is 12.4 Å². The Morgan fingerprint density at radius 3 is 2.52 bits per heavy atom. The van der Waals surface area contributed by atoms with Crippen LogP contribution in [0.15, 0.2) is 48.8 Å². The number of hydrogen-bond donors (Lipinski definition) is 1. The van der Waals surface area contributed by atoms with Crippen molar-refractivity contribution in [2.24, 2.45) is 0 Å². The van der Waals surface area contributed by atoms with Gasteiger partial charge in [0.25, 0.3) is 0 Å². The van der Waals surface area contributed by atoms with Gasteiger partial charge in [-0.25, -0.2) is 0 Å². The molecule has 1 aliphatic rings. The predicted molar refractivity (Wildman–Crippen MR) is 87.3 cm³/mol. The SMILES string of the molecule is Cc1cnccc1CNC1CCC(c2ccccc2)CC1. The highest BCUT2D eigenvalue weighted by atomic mass is 14.9. The molecule has 1 aromatic heterocycles. The van der Waals surface area contributed by atoms with Gasteiger partial charge in [-0.3, -0.25) is 4.98 Å². The molecule has 0 bridgehead atoms. The molecule has 0 spiro atoms. The van der Waals surface area contributed by atoms with E-state index in [-0.39, 0.29) is 0 Å². The van der Waals surface area contributed by atoms with Crippen molar-refractivity contribution in [1.29, 1.82) is 0 Å². The van der Waals surface area contributed by atoms with E-state index in [1.165, 1.54) is 42.4 Å². The molecule has 1 saturated carbocycles. The van der Waals surface area contributed by atoms with Crippen LogP contribution < -0.4 is 5.32 Å². The number of nitrogens with one attached hydrogen (secondary N) is 1. The highest BCUT2D eigenvalue weighted by Crippen LogP contribution is 2.32. The summed E-state index contributed by atoms with van der Waals surface area (Å²) in [7, 11) is 0. The summed E-state index contributed by atoms with van der Waals surface area (Å²) >= 11 is 0. The fraction of sp³-hybridized carbons (Fsp3) is 0.421. The summed E-state index contributed by atoms with van der Waals surface area (Å²) in [6, 6.07) is 13.8. The normalized spacial score (nSPS) is 22.1. The summed E-state index contributed by atoms with van der Waals surface area (Å²) in [6.45, 7) is 3.10. The molecule has 1 N–H and O–H groups in total. The van der Waals surface area contributed by atoms with Crippen LogP contribution in [0.5, 0.6) is 0 Å². The van der Waals surface area contributed by atoms with Gasteiger partial charge in [-0.2, -0.15) is 0 Å².